The average Bonchev–Trinajstić information content (AvgIpc) is 2.76. The molecule has 0 aliphatic carbocycles. The van der Waals surface area contributed by atoms with Crippen LogP contribution in [-0.4, -0.2) is 39.7 Å². The van der Waals surface area contributed by atoms with E-state index >= 15 is 0 Å². The predicted octanol–water partition coefficient (Wildman–Crippen LogP) is 3.11. The van der Waals surface area contributed by atoms with Crippen molar-refractivity contribution in [1.82, 2.24) is 14.5 Å². The van der Waals surface area contributed by atoms with E-state index in [2.05, 4.69) is 46.6 Å². The fourth-order valence-corrected chi connectivity index (χ4v) is 3.93. The van der Waals surface area contributed by atoms with Gasteiger partial charge in [-0.15, -0.1) is 0 Å². The van der Waals surface area contributed by atoms with Crippen molar-refractivity contribution in [2.45, 2.75) is 32.4 Å². The van der Waals surface area contributed by atoms with Crippen LogP contribution in [0.1, 0.15) is 28.5 Å². The van der Waals surface area contributed by atoms with Gasteiger partial charge in [-0.05, 0) is 44.2 Å². The van der Waals surface area contributed by atoms with Crippen molar-refractivity contribution in [3.05, 3.63) is 65.1 Å². The first-order chi connectivity index (χ1) is 12.1. The van der Waals surface area contributed by atoms with E-state index < -0.39 is 6.10 Å². The number of fused-ring (bicyclic) bond motifs is 3. The normalized spacial score (nSPS) is 16.6. The van der Waals surface area contributed by atoms with Crippen molar-refractivity contribution in [2.24, 2.45) is 0 Å². The molecule has 1 aliphatic rings. The summed E-state index contributed by atoms with van der Waals surface area (Å²) in [5, 5.41) is 12.1. The van der Waals surface area contributed by atoms with Crippen LogP contribution in [0, 0.1) is 6.92 Å². The molecule has 3 aromatic rings. The Morgan fingerprint density at radius 2 is 2.04 bits per heavy atom. The van der Waals surface area contributed by atoms with Crippen LogP contribution in [0.5, 0.6) is 0 Å². The lowest BCUT2D eigenvalue weighted by Gasteiger charge is -2.17. The molecule has 0 fully saturated rings. The first-order valence-corrected chi connectivity index (χ1v) is 9.00. The molecule has 1 atom stereocenters. The zero-order chi connectivity index (χ0) is 17.4. The first-order valence-electron chi connectivity index (χ1n) is 9.00. The molecule has 4 nitrogen and oxygen atoms in total. The Labute approximate surface area is 148 Å². The van der Waals surface area contributed by atoms with Crippen LogP contribution in [-0.2, 0) is 19.4 Å². The summed E-state index contributed by atoms with van der Waals surface area (Å²) in [6.07, 6.45) is 5.05. The Kier molecular flexibility index (Phi) is 4.32. The fourth-order valence-electron chi connectivity index (χ4n) is 3.93. The molecule has 25 heavy (non-hydrogen) atoms. The zero-order valence-corrected chi connectivity index (χ0v) is 14.9. The summed E-state index contributed by atoms with van der Waals surface area (Å²) in [4.78, 5) is 6.54. The van der Waals surface area contributed by atoms with Gasteiger partial charge < -0.3 is 14.6 Å². The lowest BCUT2D eigenvalue weighted by Crippen LogP contribution is -2.21. The number of likely N-dealkylation sites (N-methyl/N-ethyl adjacent to an activating group) is 1. The molecule has 1 aliphatic heterocycles. The van der Waals surface area contributed by atoms with Crippen molar-refractivity contribution < 1.29 is 5.11 Å². The second-order valence-corrected chi connectivity index (χ2v) is 7.16. The average molecular weight is 335 g/mol. The Morgan fingerprint density at radius 1 is 1.20 bits per heavy atom. The Bertz CT molecular complexity index is 885. The molecule has 4 heteroatoms. The molecular weight excluding hydrogens is 310 g/mol. The molecule has 0 amide bonds. The predicted molar refractivity (Wildman–Crippen MR) is 101 cm³/mol. The number of aliphatic hydroxyl groups is 1. The topological polar surface area (TPSA) is 41.3 Å². The van der Waals surface area contributed by atoms with E-state index in [1.165, 1.54) is 27.7 Å². The Balaban J connectivity index is 1.80. The van der Waals surface area contributed by atoms with Crippen molar-refractivity contribution in [2.75, 3.05) is 20.1 Å². The maximum atomic E-state index is 10.8. The molecule has 0 bridgehead atoms. The van der Waals surface area contributed by atoms with E-state index in [9.17, 15) is 5.11 Å². The number of hydrogen-bond acceptors (Lipinski definition) is 3. The van der Waals surface area contributed by atoms with Crippen LogP contribution in [0.4, 0.5) is 0 Å². The van der Waals surface area contributed by atoms with Crippen LogP contribution in [0.3, 0.4) is 0 Å². The molecule has 1 aromatic carbocycles. The lowest BCUT2D eigenvalue weighted by atomic mass is 10.1. The zero-order valence-electron chi connectivity index (χ0n) is 14.9. The minimum Gasteiger partial charge on any atom is -0.386 e. The van der Waals surface area contributed by atoms with Crippen molar-refractivity contribution >= 4 is 10.9 Å². The standard InChI is InChI=1S/C21H25N3O/c1-15-5-6-19-18(12-15)17-7-10-23(2)11-8-20(17)24(19)14-21(25)16-4-3-9-22-13-16/h3-6,9,12-13,21,25H,7-8,10-11,14H2,1-2H3. The van der Waals surface area contributed by atoms with Gasteiger partial charge in [0.15, 0.2) is 0 Å². The maximum Gasteiger partial charge on any atom is 0.0983 e. The summed E-state index contributed by atoms with van der Waals surface area (Å²) in [5.74, 6) is 0. The second kappa shape index (κ2) is 6.62. The second-order valence-electron chi connectivity index (χ2n) is 7.16. The summed E-state index contributed by atoms with van der Waals surface area (Å²) in [5.41, 5.74) is 6.24. The summed E-state index contributed by atoms with van der Waals surface area (Å²) < 4.78 is 2.33. The Morgan fingerprint density at radius 3 is 2.84 bits per heavy atom. The SMILES string of the molecule is Cc1ccc2c(c1)c1c(n2CC(O)c2cccnc2)CCN(C)CC1. The summed E-state index contributed by atoms with van der Waals surface area (Å²) in [6.45, 7) is 4.87. The van der Waals surface area contributed by atoms with Crippen molar-refractivity contribution in [3.8, 4) is 0 Å². The van der Waals surface area contributed by atoms with Crippen molar-refractivity contribution in [1.29, 1.82) is 0 Å². The van der Waals surface area contributed by atoms with E-state index in [-0.39, 0.29) is 0 Å². The van der Waals surface area contributed by atoms with E-state index in [4.69, 9.17) is 0 Å². The van der Waals surface area contributed by atoms with E-state index in [1.54, 1.807) is 12.4 Å². The van der Waals surface area contributed by atoms with E-state index in [0.717, 1.165) is 31.5 Å². The molecule has 4 rings (SSSR count). The number of nitrogens with zero attached hydrogens (tertiary/aromatic N) is 3. The van der Waals surface area contributed by atoms with Crippen LogP contribution >= 0.6 is 0 Å². The van der Waals surface area contributed by atoms with Gasteiger partial charge in [0.2, 0.25) is 0 Å². The quantitative estimate of drug-likeness (QED) is 0.800. The minimum absolute atomic E-state index is 0.546. The van der Waals surface area contributed by atoms with E-state index in [1.807, 2.05) is 12.1 Å². The highest BCUT2D eigenvalue weighted by atomic mass is 16.3. The number of aryl methyl sites for hydroxylation is 1. The monoisotopic (exact) mass is 335 g/mol. The highest BCUT2D eigenvalue weighted by molar-refractivity contribution is 5.86. The lowest BCUT2D eigenvalue weighted by molar-refractivity contribution is 0.156. The summed E-state index contributed by atoms with van der Waals surface area (Å²) in [6, 6.07) is 10.5. The van der Waals surface area contributed by atoms with Gasteiger partial charge >= 0.3 is 0 Å². The fraction of sp³-hybridized carbons (Fsp3) is 0.381. The van der Waals surface area contributed by atoms with Gasteiger partial charge in [-0.1, -0.05) is 17.7 Å². The highest BCUT2D eigenvalue weighted by Crippen LogP contribution is 2.31. The molecule has 0 saturated heterocycles. The molecule has 130 valence electrons. The van der Waals surface area contributed by atoms with Gasteiger partial charge in [0.25, 0.3) is 0 Å². The number of hydrogen-bond donors (Lipinski definition) is 1. The number of benzene rings is 1. The van der Waals surface area contributed by atoms with Crippen LogP contribution in [0.2, 0.25) is 0 Å². The molecule has 0 radical (unpaired) electrons. The van der Waals surface area contributed by atoms with Gasteiger partial charge in [-0.25, -0.2) is 0 Å². The van der Waals surface area contributed by atoms with Crippen molar-refractivity contribution in [3.63, 3.8) is 0 Å². The molecule has 0 spiro atoms. The minimum atomic E-state index is -0.546. The molecule has 1 unspecified atom stereocenters. The molecule has 0 saturated carbocycles. The number of aliphatic hydroxyl groups excluding tert-OH is 1. The summed E-state index contributed by atoms with van der Waals surface area (Å²) in [7, 11) is 2.19. The van der Waals surface area contributed by atoms with Gasteiger partial charge in [-0.2, -0.15) is 0 Å². The highest BCUT2D eigenvalue weighted by Gasteiger charge is 2.22. The van der Waals surface area contributed by atoms with Crippen LogP contribution in [0.15, 0.2) is 42.7 Å². The third-order valence-electron chi connectivity index (χ3n) is 5.34. The third kappa shape index (κ3) is 3.08. The first kappa shape index (κ1) is 16.3. The summed E-state index contributed by atoms with van der Waals surface area (Å²) >= 11 is 0. The number of aromatic nitrogens is 2. The van der Waals surface area contributed by atoms with Gasteiger partial charge in [-0.3, -0.25) is 4.98 Å². The largest absolute Gasteiger partial charge is 0.386 e. The van der Waals surface area contributed by atoms with Crippen LogP contribution in [0.25, 0.3) is 10.9 Å². The molecule has 1 N–H and O–H groups in total. The molecule has 2 aromatic heterocycles. The Hall–Kier alpha value is -2.17. The van der Waals surface area contributed by atoms with Crippen LogP contribution < -0.4 is 0 Å². The van der Waals surface area contributed by atoms with Gasteiger partial charge in [0.05, 0.1) is 12.6 Å². The van der Waals surface area contributed by atoms with Gasteiger partial charge in [0.1, 0.15) is 0 Å². The van der Waals surface area contributed by atoms with Gasteiger partial charge in [0, 0.05) is 54.1 Å². The molecular formula is C21H25N3O. The number of rotatable bonds is 3. The third-order valence-corrected chi connectivity index (χ3v) is 5.34. The smallest absolute Gasteiger partial charge is 0.0983 e. The molecule has 3 heterocycles. The maximum absolute atomic E-state index is 10.8. The van der Waals surface area contributed by atoms with E-state index in [0.29, 0.717) is 6.54 Å². The number of pyridine rings is 1.